The topological polar surface area (TPSA) is 21.8 Å². The Morgan fingerprint density at radius 1 is 0.469 bits per heavy atom. The Kier molecular flexibility index (Phi) is 23.9. The standard InChI is InChI=1S/C30H60O2/c1-2-3-4-5-6-7-8-9-10-11-12-13-14-15-16-17-18-19-20-21-22-23-24-25-26-27-31-28-30-29-32-30/h30H,2-29H2,1H3. The van der Waals surface area contributed by atoms with Gasteiger partial charge in [-0.2, -0.15) is 0 Å². The van der Waals surface area contributed by atoms with Crippen LogP contribution in [-0.4, -0.2) is 25.9 Å². The lowest BCUT2D eigenvalue weighted by Gasteiger charge is -2.04. The lowest BCUT2D eigenvalue weighted by atomic mass is 10.0. The molecule has 0 amide bonds. The molecule has 0 aromatic heterocycles. The van der Waals surface area contributed by atoms with Gasteiger partial charge in [-0.05, 0) is 6.42 Å². The molecule has 1 saturated heterocycles. The Morgan fingerprint density at radius 2 is 0.750 bits per heavy atom. The Morgan fingerprint density at radius 3 is 1.03 bits per heavy atom. The van der Waals surface area contributed by atoms with Gasteiger partial charge in [-0.1, -0.05) is 161 Å². The number of hydrogen-bond acceptors (Lipinski definition) is 2. The predicted molar refractivity (Wildman–Crippen MR) is 142 cm³/mol. The van der Waals surface area contributed by atoms with E-state index in [-0.39, 0.29) is 0 Å². The fourth-order valence-electron chi connectivity index (χ4n) is 4.72. The smallest absolute Gasteiger partial charge is 0.104 e. The Bertz CT molecular complexity index is 340. The Labute approximate surface area is 203 Å². The maximum absolute atomic E-state index is 5.58. The van der Waals surface area contributed by atoms with Crippen LogP contribution in [0.5, 0.6) is 0 Å². The van der Waals surface area contributed by atoms with Crippen LogP contribution in [0.15, 0.2) is 0 Å². The molecule has 32 heavy (non-hydrogen) atoms. The molecule has 1 heterocycles. The maximum atomic E-state index is 5.58. The summed E-state index contributed by atoms with van der Waals surface area (Å²) in [6.45, 7) is 4.97. The second kappa shape index (κ2) is 25.5. The first-order valence-electron chi connectivity index (χ1n) is 15.1. The molecule has 1 rings (SSSR count). The largest absolute Gasteiger partial charge is 0.379 e. The van der Waals surface area contributed by atoms with E-state index in [1.807, 2.05) is 0 Å². The molecule has 1 aliphatic rings. The molecule has 1 aliphatic heterocycles. The van der Waals surface area contributed by atoms with Crippen LogP contribution in [-0.2, 0) is 9.47 Å². The highest BCUT2D eigenvalue weighted by atomic mass is 16.6. The van der Waals surface area contributed by atoms with E-state index in [1.54, 1.807) is 0 Å². The van der Waals surface area contributed by atoms with Gasteiger partial charge in [0.05, 0.1) is 13.2 Å². The molecule has 0 radical (unpaired) electrons. The molecule has 0 N–H and O–H groups in total. The van der Waals surface area contributed by atoms with Crippen molar-refractivity contribution in [1.82, 2.24) is 0 Å². The van der Waals surface area contributed by atoms with Gasteiger partial charge in [0.1, 0.15) is 6.10 Å². The molecule has 0 aromatic carbocycles. The van der Waals surface area contributed by atoms with Crippen molar-refractivity contribution in [3.05, 3.63) is 0 Å². The van der Waals surface area contributed by atoms with Gasteiger partial charge < -0.3 is 9.47 Å². The summed E-state index contributed by atoms with van der Waals surface area (Å²) in [6, 6.07) is 0. The van der Waals surface area contributed by atoms with Crippen LogP contribution in [0.3, 0.4) is 0 Å². The Hall–Kier alpha value is -0.0800. The molecular formula is C30H60O2. The fraction of sp³-hybridized carbons (Fsp3) is 1.00. The van der Waals surface area contributed by atoms with E-state index in [0.717, 1.165) is 19.8 Å². The Balaban J connectivity index is 1.58. The second-order valence-corrected chi connectivity index (χ2v) is 10.5. The zero-order valence-electron chi connectivity index (χ0n) is 22.2. The third kappa shape index (κ3) is 24.6. The first kappa shape index (κ1) is 30.0. The second-order valence-electron chi connectivity index (χ2n) is 10.5. The van der Waals surface area contributed by atoms with Crippen LogP contribution in [0, 0.1) is 0 Å². The van der Waals surface area contributed by atoms with E-state index in [0.29, 0.717) is 6.10 Å². The van der Waals surface area contributed by atoms with Gasteiger partial charge in [-0.3, -0.25) is 0 Å². The van der Waals surface area contributed by atoms with Crippen LogP contribution in [0.25, 0.3) is 0 Å². The minimum absolute atomic E-state index is 0.425. The minimum atomic E-state index is 0.425. The summed E-state index contributed by atoms with van der Waals surface area (Å²) in [5.74, 6) is 0. The van der Waals surface area contributed by atoms with Crippen LogP contribution in [0.1, 0.15) is 167 Å². The van der Waals surface area contributed by atoms with Crippen molar-refractivity contribution in [3.8, 4) is 0 Å². The number of rotatable bonds is 28. The molecular weight excluding hydrogens is 392 g/mol. The normalized spacial score (nSPS) is 15.5. The monoisotopic (exact) mass is 452 g/mol. The molecule has 1 unspecified atom stereocenters. The number of ether oxygens (including phenoxy) is 2. The van der Waals surface area contributed by atoms with Crippen molar-refractivity contribution in [2.45, 2.75) is 174 Å². The zero-order chi connectivity index (χ0) is 22.8. The first-order chi connectivity index (χ1) is 15.9. The minimum Gasteiger partial charge on any atom is -0.379 e. The van der Waals surface area contributed by atoms with Crippen molar-refractivity contribution in [2.24, 2.45) is 0 Å². The first-order valence-corrected chi connectivity index (χ1v) is 15.1. The van der Waals surface area contributed by atoms with Crippen molar-refractivity contribution in [1.29, 1.82) is 0 Å². The van der Waals surface area contributed by atoms with Gasteiger partial charge in [0.25, 0.3) is 0 Å². The van der Waals surface area contributed by atoms with Crippen LogP contribution in [0.4, 0.5) is 0 Å². The highest BCUT2D eigenvalue weighted by Crippen LogP contribution is 2.16. The van der Waals surface area contributed by atoms with Crippen molar-refractivity contribution >= 4 is 0 Å². The summed E-state index contributed by atoms with van der Waals surface area (Å²) < 4.78 is 10.7. The maximum Gasteiger partial charge on any atom is 0.104 e. The van der Waals surface area contributed by atoms with Gasteiger partial charge >= 0.3 is 0 Å². The SMILES string of the molecule is CCCCCCCCCCCCCCCCCCCCCCCCCCCOCC1CO1. The summed E-state index contributed by atoms with van der Waals surface area (Å²) in [5.41, 5.74) is 0. The quantitative estimate of drug-likeness (QED) is 0.0869. The summed E-state index contributed by atoms with van der Waals surface area (Å²) in [6.07, 6.45) is 36.6. The summed E-state index contributed by atoms with van der Waals surface area (Å²) in [5, 5.41) is 0. The lowest BCUT2D eigenvalue weighted by molar-refractivity contribution is 0.113. The predicted octanol–water partition coefficient (Wildman–Crippen LogP) is 10.2. The summed E-state index contributed by atoms with van der Waals surface area (Å²) in [4.78, 5) is 0. The van der Waals surface area contributed by atoms with Gasteiger partial charge in [-0.15, -0.1) is 0 Å². The lowest BCUT2D eigenvalue weighted by Crippen LogP contribution is -2.02. The van der Waals surface area contributed by atoms with Gasteiger partial charge in [0.15, 0.2) is 0 Å². The van der Waals surface area contributed by atoms with E-state index in [9.17, 15) is 0 Å². The van der Waals surface area contributed by atoms with Crippen LogP contribution >= 0.6 is 0 Å². The van der Waals surface area contributed by atoms with Gasteiger partial charge in [0, 0.05) is 6.61 Å². The number of hydrogen-bond donors (Lipinski definition) is 0. The average Bonchev–Trinajstić information content (AvgIpc) is 3.63. The van der Waals surface area contributed by atoms with Crippen LogP contribution in [0.2, 0.25) is 0 Å². The van der Waals surface area contributed by atoms with E-state index < -0.39 is 0 Å². The number of unbranched alkanes of at least 4 members (excludes halogenated alkanes) is 24. The van der Waals surface area contributed by atoms with E-state index in [2.05, 4.69) is 6.92 Å². The molecule has 0 bridgehead atoms. The van der Waals surface area contributed by atoms with Crippen molar-refractivity contribution in [3.63, 3.8) is 0 Å². The molecule has 0 spiro atoms. The van der Waals surface area contributed by atoms with Crippen LogP contribution < -0.4 is 0 Å². The zero-order valence-corrected chi connectivity index (χ0v) is 22.2. The third-order valence-corrected chi connectivity index (χ3v) is 7.10. The summed E-state index contributed by atoms with van der Waals surface area (Å²) >= 11 is 0. The van der Waals surface area contributed by atoms with E-state index in [1.165, 1.54) is 161 Å². The van der Waals surface area contributed by atoms with Gasteiger partial charge in [-0.25, -0.2) is 0 Å². The molecule has 0 saturated carbocycles. The fourth-order valence-corrected chi connectivity index (χ4v) is 4.72. The van der Waals surface area contributed by atoms with Crippen molar-refractivity contribution < 1.29 is 9.47 Å². The molecule has 0 aliphatic carbocycles. The molecule has 0 aromatic rings. The average molecular weight is 453 g/mol. The highest BCUT2D eigenvalue weighted by molar-refractivity contribution is 4.67. The van der Waals surface area contributed by atoms with E-state index in [4.69, 9.17) is 9.47 Å². The molecule has 2 heteroatoms. The molecule has 1 fully saturated rings. The van der Waals surface area contributed by atoms with Gasteiger partial charge in [0.2, 0.25) is 0 Å². The number of epoxide rings is 1. The molecule has 1 atom stereocenters. The molecule has 2 nitrogen and oxygen atoms in total. The molecule has 192 valence electrons. The highest BCUT2D eigenvalue weighted by Gasteiger charge is 2.21. The van der Waals surface area contributed by atoms with E-state index >= 15 is 0 Å². The van der Waals surface area contributed by atoms with Crippen molar-refractivity contribution in [2.75, 3.05) is 19.8 Å². The summed E-state index contributed by atoms with van der Waals surface area (Å²) in [7, 11) is 0. The third-order valence-electron chi connectivity index (χ3n) is 7.10.